The SMILES string of the molecule is CNS(=O)(=O)N1CCC(CO)C1. The van der Waals surface area contributed by atoms with E-state index in [9.17, 15) is 8.42 Å². The van der Waals surface area contributed by atoms with Gasteiger partial charge >= 0.3 is 0 Å². The second-order valence-corrected chi connectivity index (χ2v) is 4.78. The summed E-state index contributed by atoms with van der Waals surface area (Å²) in [5.41, 5.74) is 0. The van der Waals surface area contributed by atoms with Crippen LogP contribution in [0, 0.1) is 5.92 Å². The van der Waals surface area contributed by atoms with Gasteiger partial charge in [0.2, 0.25) is 0 Å². The largest absolute Gasteiger partial charge is 0.396 e. The number of aliphatic hydroxyl groups is 1. The van der Waals surface area contributed by atoms with Crippen molar-refractivity contribution < 1.29 is 13.5 Å². The molecular weight excluding hydrogens is 180 g/mol. The molecule has 12 heavy (non-hydrogen) atoms. The molecular formula is C6H14N2O3S. The Labute approximate surface area is 72.6 Å². The third-order valence-corrected chi connectivity index (χ3v) is 3.63. The van der Waals surface area contributed by atoms with Crippen LogP contribution >= 0.6 is 0 Å². The van der Waals surface area contributed by atoms with Gasteiger partial charge in [0.05, 0.1) is 0 Å². The average Bonchev–Trinajstić information content (AvgIpc) is 2.52. The van der Waals surface area contributed by atoms with E-state index >= 15 is 0 Å². The third-order valence-electron chi connectivity index (χ3n) is 2.10. The van der Waals surface area contributed by atoms with Crippen molar-refractivity contribution in [2.45, 2.75) is 6.42 Å². The molecule has 0 spiro atoms. The number of nitrogens with zero attached hydrogens (tertiary/aromatic N) is 1. The molecule has 0 aromatic heterocycles. The topological polar surface area (TPSA) is 69.6 Å². The van der Waals surface area contributed by atoms with Gasteiger partial charge in [0.1, 0.15) is 0 Å². The van der Waals surface area contributed by atoms with Gasteiger partial charge in [-0.3, -0.25) is 0 Å². The van der Waals surface area contributed by atoms with Crippen molar-refractivity contribution in [2.24, 2.45) is 5.92 Å². The zero-order valence-corrected chi connectivity index (χ0v) is 7.84. The molecule has 2 N–H and O–H groups in total. The fourth-order valence-electron chi connectivity index (χ4n) is 1.29. The molecule has 0 radical (unpaired) electrons. The number of rotatable bonds is 3. The Bertz CT molecular complexity index is 239. The molecule has 1 aliphatic rings. The van der Waals surface area contributed by atoms with Crippen molar-refractivity contribution in [1.82, 2.24) is 9.03 Å². The van der Waals surface area contributed by atoms with Crippen molar-refractivity contribution >= 4 is 10.2 Å². The smallest absolute Gasteiger partial charge is 0.279 e. The Balaban J connectivity index is 2.58. The summed E-state index contributed by atoms with van der Waals surface area (Å²) in [6, 6.07) is 0. The summed E-state index contributed by atoms with van der Waals surface area (Å²) < 4.78 is 26.0. The molecule has 5 nitrogen and oxygen atoms in total. The van der Waals surface area contributed by atoms with Crippen LogP contribution in [-0.4, -0.2) is 44.6 Å². The van der Waals surface area contributed by atoms with Crippen LogP contribution in [0.2, 0.25) is 0 Å². The standard InChI is InChI=1S/C6H14N2O3S/c1-7-12(10,11)8-3-2-6(4-8)5-9/h6-7,9H,2-5H2,1H3. The summed E-state index contributed by atoms with van der Waals surface area (Å²) in [6.07, 6.45) is 0.747. The van der Waals surface area contributed by atoms with E-state index in [1.807, 2.05) is 0 Å². The first kappa shape index (κ1) is 9.91. The molecule has 72 valence electrons. The van der Waals surface area contributed by atoms with Gasteiger partial charge in [0, 0.05) is 26.7 Å². The molecule has 0 amide bonds. The molecule has 0 bridgehead atoms. The van der Waals surface area contributed by atoms with Crippen molar-refractivity contribution in [3.63, 3.8) is 0 Å². The van der Waals surface area contributed by atoms with E-state index in [1.165, 1.54) is 11.4 Å². The molecule has 1 atom stereocenters. The number of aliphatic hydroxyl groups excluding tert-OH is 1. The van der Waals surface area contributed by atoms with Crippen LogP contribution in [0.3, 0.4) is 0 Å². The van der Waals surface area contributed by atoms with Crippen molar-refractivity contribution in [1.29, 1.82) is 0 Å². The summed E-state index contributed by atoms with van der Waals surface area (Å²) in [5, 5.41) is 8.78. The molecule has 0 aliphatic carbocycles. The van der Waals surface area contributed by atoms with Crippen molar-refractivity contribution in [3.8, 4) is 0 Å². The van der Waals surface area contributed by atoms with Crippen LogP contribution in [-0.2, 0) is 10.2 Å². The lowest BCUT2D eigenvalue weighted by molar-refractivity contribution is 0.233. The Morgan fingerprint density at radius 2 is 2.33 bits per heavy atom. The molecule has 1 saturated heterocycles. The van der Waals surface area contributed by atoms with Gasteiger partial charge in [-0.05, 0) is 12.3 Å². The molecule has 0 aromatic carbocycles. The fraction of sp³-hybridized carbons (Fsp3) is 1.00. The van der Waals surface area contributed by atoms with E-state index in [0.29, 0.717) is 13.1 Å². The van der Waals surface area contributed by atoms with E-state index in [2.05, 4.69) is 4.72 Å². The predicted octanol–water partition coefficient (Wildman–Crippen LogP) is -1.24. The Morgan fingerprint density at radius 1 is 1.67 bits per heavy atom. The first-order chi connectivity index (χ1) is 5.60. The quantitative estimate of drug-likeness (QED) is 0.590. The molecule has 0 aromatic rings. The Hall–Kier alpha value is -0.170. The second-order valence-electron chi connectivity index (χ2n) is 2.90. The van der Waals surface area contributed by atoms with Gasteiger partial charge in [-0.15, -0.1) is 0 Å². The highest BCUT2D eigenvalue weighted by atomic mass is 32.2. The van der Waals surface area contributed by atoms with E-state index < -0.39 is 10.2 Å². The lowest BCUT2D eigenvalue weighted by atomic mass is 10.1. The number of nitrogens with one attached hydrogen (secondary N) is 1. The molecule has 6 heteroatoms. The van der Waals surface area contributed by atoms with Crippen LogP contribution in [0.4, 0.5) is 0 Å². The minimum atomic E-state index is -3.27. The maximum Gasteiger partial charge on any atom is 0.279 e. The minimum Gasteiger partial charge on any atom is -0.396 e. The number of hydrogen-bond donors (Lipinski definition) is 2. The first-order valence-corrected chi connectivity index (χ1v) is 5.33. The highest BCUT2D eigenvalue weighted by Gasteiger charge is 2.29. The average molecular weight is 194 g/mol. The van der Waals surface area contributed by atoms with Gasteiger partial charge in [-0.2, -0.15) is 12.7 Å². The lowest BCUT2D eigenvalue weighted by Gasteiger charge is -2.14. The molecule has 1 rings (SSSR count). The van der Waals surface area contributed by atoms with Crippen LogP contribution in [0.15, 0.2) is 0 Å². The third kappa shape index (κ3) is 1.95. The van der Waals surface area contributed by atoms with Crippen LogP contribution < -0.4 is 4.72 Å². The maximum absolute atomic E-state index is 11.2. The Morgan fingerprint density at radius 3 is 2.75 bits per heavy atom. The van der Waals surface area contributed by atoms with E-state index in [1.54, 1.807) is 0 Å². The van der Waals surface area contributed by atoms with E-state index in [-0.39, 0.29) is 12.5 Å². The molecule has 1 aliphatic heterocycles. The van der Waals surface area contributed by atoms with Gasteiger partial charge in [0.25, 0.3) is 10.2 Å². The summed E-state index contributed by atoms with van der Waals surface area (Å²) in [6.45, 7) is 1.00. The first-order valence-electron chi connectivity index (χ1n) is 3.89. The van der Waals surface area contributed by atoms with Gasteiger partial charge < -0.3 is 5.11 Å². The van der Waals surface area contributed by atoms with Crippen LogP contribution in [0.5, 0.6) is 0 Å². The van der Waals surface area contributed by atoms with Gasteiger partial charge in [0.15, 0.2) is 0 Å². The fourth-order valence-corrected chi connectivity index (χ4v) is 2.30. The Kier molecular flexibility index (Phi) is 3.05. The predicted molar refractivity (Wildman–Crippen MR) is 44.7 cm³/mol. The van der Waals surface area contributed by atoms with Gasteiger partial charge in [-0.1, -0.05) is 0 Å². The van der Waals surface area contributed by atoms with Crippen molar-refractivity contribution in [2.75, 3.05) is 26.7 Å². The highest BCUT2D eigenvalue weighted by Crippen LogP contribution is 2.17. The summed E-state index contributed by atoms with van der Waals surface area (Å²) in [7, 11) is -1.88. The zero-order chi connectivity index (χ0) is 9.19. The van der Waals surface area contributed by atoms with Crippen molar-refractivity contribution in [3.05, 3.63) is 0 Å². The zero-order valence-electron chi connectivity index (χ0n) is 7.02. The monoisotopic (exact) mass is 194 g/mol. The van der Waals surface area contributed by atoms with Crippen LogP contribution in [0.1, 0.15) is 6.42 Å². The normalized spacial score (nSPS) is 26.3. The molecule has 0 saturated carbocycles. The molecule has 1 unspecified atom stereocenters. The summed E-state index contributed by atoms with van der Waals surface area (Å²) in [4.78, 5) is 0. The second kappa shape index (κ2) is 3.69. The number of hydrogen-bond acceptors (Lipinski definition) is 3. The summed E-state index contributed by atoms with van der Waals surface area (Å²) in [5.74, 6) is 0.105. The summed E-state index contributed by atoms with van der Waals surface area (Å²) >= 11 is 0. The minimum absolute atomic E-state index is 0.0652. The molecule has 1 heterocycles. The van der Waals surface area contributed by atoms with E-state index in [0.717, 1.165) is 6.42 Å². The lowest BCUT2D eigenvalue weighted by Crippen LogP contribution is -2.37. The maximum atomic E-state index is 11.2. The highest BCUT2D eigenvalue weighted by molar-refractivity contribution is 7.87. The van der Waals surface area contributed by atoms with Gasteiger partial charge in [-0.25, -0.2) is 4.72 Å². The molecule has 1 fully saturated rings. The van der Waals surface area contributed by atoms with E-state index in [4.69, 9.17) is 5.11 Å². The van der Waals surface area contributed by atoms with Crippen LogP contribution in [0.25, 0.3) is 0 Å².